The van der Waals surface area contributed by atoms with E-state index in [-0.39, 0.29) is 17.6 Å². The number of aliphatic carboxylic acids is 1. The molecule has 14 heavy (non-hydrogen) atoms. The zero-order valence-electron chi connectivity index (χ0n) is 8.14. The molecule has 0 aromatic carbocycles. The van der Waals surface area contributed by atoms with Crippen LogP contribution in [0.2, 0.25) is 0 Å². The molecule has 5 heteroatoms. The molecule has 1 aliphatic heterocycles. The first-order chi connectivity index (χ1) is 6.57. The van der Waals surface area contributed by atoms with Crippen LogP contribution in [0.15, 0.2) is 0 Å². The van der Waals surface area contributed by atoms with Crippen LogP contribution in [0.1, 0.15) is 19.8 Å². The Morgan fingerprint density at radius 2 is 2.29 bits per heavy atom. The number of carboxylic acids is 1. The summed E-state index contributed by atoms with van der Waals surface area (Å²) in [6.07, 6.45) is 1.49. The van der Waals surface area contributed by atoms with E-state index in [4.69, 9.17) is 5.11 Å². The lowest BCUT2D eigenvalue weighted by Gasteiger charge is -2.26. The molecule has 4 nitrogen and oxygen atoms in total. The molecule has 1 aliphatic rings. The minimum atomic E-state index is -0.832. The Morgan fingerprint density at radius 3 is 2.79 bits per heavy atom. The average Bonchev–Trinajstić information content (AvgIpc) is 2.63. The highest BCUT2D eigenvalue weighted by atomic mass is 32.1. The van der Waals surface area contributed by atoms with Crippen molar-refractivity contribution in [1.29, 1.82) is 0 Å². The van der Waals surface area contributed by atoms with Crippen LogP contribution in [0.5, 0.6) is 0 Å². The van der Waals surface area contributed by atoms with Gasteiger partial charge in [0.2, 0.25) is 0 Å². The standard InChI is InChI=1S/C9H15NO3S/c1-6(8(11)5-14)10-4-2-3-7(10)9(12)13/h6-7,14H,2-5H2,1H3,(H,12,13)/t6?,7-/m0/s1. The lowest BCUT2D eigenvalue weighted by molar-refractivity contribution is -0.143. The molecule has 1 unspecified atom stereocenters. The molecule has 1 saturated heterocycles. The number of Topliss-reactive ketones (excluding diaryl/α,β-unsaturated/α-hetero) is 1. The number of carbonyl (C=O) groups is 2. The third kappa shape index (κ3) is 2.27. The largest absolute Gasteiger partial charge is 0.480 e. The summed E-state index contributed by atoms with van der Waals surface area (Å²) in [6, 6.07) is -0.815. The molecular formula is C9H15NO3S. The van der Waals surface area contributed by atoms with Crippen molar-refractivity contribution in [3.8, 4) is 0 Å². The third-order valence-corrected chi connectivity index (χ3v) is 3.01. The Hall–Kier alpha value is -0.550. The molecule has 0 aliphatic carbocycles. The zero-order chi connectivity index (χ0) is 10.7. The molecule has 2 atom stereocenters. The number of thiol groups is 1. The van der Waals surface area contributed by atoms with Crippen LogP contribution in [-0.2, 0) is 9.59 Å². The van der Waals surface area contributed by atoms with Crippen molar-refractivity contribution in [2.75, 3.05) is 12.3 Å². The van der Waals surface area contributed by atoms with Gasteiger partial charge in [0.15, 0.2) is 5.78 Å². The van der Waals surface area contributed by atoms with E-state index in [9.17, 15) is 9.59 Å². The van der Waals surface area contributed by atoms with Crippen molar-refractivity contribution in [2.45, 2.75) is 31.8 Å². The first-order valence-electron chi connectivity index (χ1n) is 4.70. The van der Waals surface area contributed by atoms with Crippen molar-refractivity contribution in [3.05, 3.63) is 0 Å². The summed E-state index contributed by atoms with van der Waals surface area (Å²) in [5.74, 6) is -0.674. The molecule has 0 aromatic rings. The van der Waals surface area contributed by atoms with Gasteiger partial charge >= 0.3 is 5.97 Å². The van der Waals surface area contributed by atoms with Crippen molar-refractivity contribution in [1.82, 2.24) is 4.90 Å². The number of ketones is 1. The summed E-state index contributed by atoms with van der Waals surface area (Å²) >= 11 is 3.91. The smallest absolute Gasteiger partial charge is 0.320 e. The van der Waals surface area contributed by atoms with Gasteiger partial charge in [-0.05, 0) is 26.3 Å². The fourth-order valence-electron chi connectivity index (χ4n) is 1.83. The quantitative estimate of drug-likeness (QED) is 0.670. The van der Waals surface area contributed by atoms with E-state index in [2.05, 4.69) is 12.6 Å². The average molecular weight is 217 g/mol. The second-order valence-corrected chi connectivity index (χ2v) is 3.85. The van der Waals surface area contributed by atoms with E-state index in [0.717, 1.165) is 6.42 Å². The summed E-state index contributed by atoms with van der Waals surface area (Å²) in [7, 11) is 0. The number of hydrogen-bond donors (Lipinski definition) is 2. The Balaban J connectivity index is 2.66. The highest BCUT2D eigenvalue weighted by Crippen LogP contribution is 2.20. The summed E-state index contributed by atoms with van der Waals surface area (Å²) < 4.78 is 0. The lowest BCUT2D eigenvalue weighted by Crippen LogP contribution is -2.46. The first kappa shape index (κ1) is 11.5. The predicted molar refractivity (Wildman–Crippen MR) is 55.7 cm³/mol. The maximum Gasteiger partial charge on any atom is 0.320 e. The number of carboxylic acid groups (broad SMARTS) is 1. The van der Waals surface area contributed by atoms with Gasteiger partial charge in [0.05, 0.1) is 11.8 Å². The third-order valence-electron chi connectivity index (χ3n) is 2.70. The normalized spacial score (nSPS) is 24.9. The Morgan fingerprint density at radius 1 is 1.64 bits per heavy atom. The second kappa shape index (κ2) is 4.79. The second-order valence-electron chi connectivity index (χ2n) is 3.53. The van der Waals surface area contributed by atoms with E-state index in [0.29, 0.717) is 13.0 Å². The Labute approximate surface area is 88.7 Å². The topological polar surface area (TPSA) is 57.6 Å². The highest BCUT2D eigenvalue weighted by Gasteiger charge is 2.35. The van der Waals surface area contributed by atoms with Gasteiger partial charge in [-0.1, -0.05) is 0 Å². The van der Waals surface area contributed by atoms with Gasteiger partial charge < -0.3 is 5.11 Å². The minimum Gasteiger partial charge on any atom is -0.480 e. The van der Waals surface area contributed by atoms with Crippen LogP contribution >= 0.6 is 12.6 Å². The summed E-state index contributed by atoms with van der Waals surface area (Å²) in [6.45, 7) is 2.44. The molecule has 1 rings (SSSR count). The van der Waals surface area contributed by atoms with Crippen LogP contribution in [0, 0.1) is 0 Å². The molecular weight excluding hydrogens is 202 g/mol. The van der Waals surface area contributed by atoms with E-state index >= 15 is 0 Å². The number of nitrogens with zero attached hydrogens (tertiary/aromatic N) is 1. The fourth-order valence-corrected chi connectivity index (χ4v) is 2.10. The van der Waals surface area contributed by atoms with Crippen LogP contribution in [-0.4, -0.2) is 46.1 Å². The van der Waals surface area contributed by atoms with Crippen molar-refractivity contribution >= 4 is 24.4 Å². The highest BCUT2D eigenvalue weighted by molar-refractivity contribution is 7.81. The SMILES string of the molecule is CC(C(=O)CS)N1CCC[C@H]1C(=O)O. The summed E-state index contributed by atoms with van der Waals surface area (Å²) in [5.41, 5.74) is 0. The molecule has 0 amide bonds. The molecule has 80 valence electrons. The number of rotatable bonds is 4. The Bertz CT molecular complexity index is 244. The van der Waals surface area contributed by atoms with Gasteiger partial charge in [-0.15, -0.1) is 0 Å². The molecule has 1 heterocycles. The number of carbonyl (C=O) groups excluding carboxylic acids is 1. The molecule has 0 aromatic heterocycles. The predicted octanol–water partition coefficient (Wildman–Crippen LogP) is 0.423. The Kier molecular flexibility index (Phi) is 3.95. The van der Waals surface area contributed by atoms with Gasteiger partial charge in [0.25, 0.3) is 0 Å². The van der Waals surface area contributed by atoms with E-state index in [1.54, 1.807) is 11.8 Å². The zero-order valence-corrected chi connectivity index (χ0v) is 9.04. The monoisotopic (exact) mass is 217 g/mol. The van der Waals surface area contributed by atoms with Gasteiger partial charge in [-0.25, -0.2) is 0 Å². The molecule has 0 radical (unpaired) electrons. The van der Waals surface area contributed by atoms with Crippen molar-refractivity contribution in [3.63, 3.8) is 0 Å². The number of hydrogen-bond acceptors (Lipinski definition) is 4. The van der Waals surface area contributed by atoms with Crippen molar-refractivity contribution < 1.29 is 14.7 Å². The summed E-state index contributed by atoms with van der Waals surface area (Å²) in [4.78, 5) is 24.0. The van der Waals surface area contributed by atoms with Crippen LogP contribution < -0.4 is 0 Å². The van der Waals surface area contributed by atoms with E-state index in [1.807, 2.05) is 0 Å². The van der Waals surface area contributed by atoms with Crippen LogP contribution in [0.25, 0.3) is 0 Å². The molecule has 0 bridgehead atoms. The lowest BCUT2D eigenvalue weighted by atomic mass is 10.1. The first-order valence-corrected chi connectivity index (χ1v) is 5.33. The minimum absolute atomic E-state index is 0.0125. The van der Waals surface area contributed by atoms with Gasteiger partial charge in [0.1, 0.15) is 6.04 Å². The number of likely N-dealkylation sites (tertiary alicyclic amines) is 1. The molecule has 1 N–H and O–H groups in total. The van der Waals surface area contributed by atoms with E-state index < -0.39 is 12.0 Å². The van der Waals surface area contributed by atoms with Gasteiger partial charge in [0, 0.05) is 0 Å². The van der Waals surface area contributed by atoms with Crippen LogP contribution in [0.4, 0.5) is 0 Å². The maximum absolute atomic E-state index is 11.4. The molecule has 0 saturated carbocycles. The van der Waals surface area contributed by atoms with Gasteiger partial charge in [-0.3, -0.25) is 14.5 Å². The van der Waals surface area contributed by atoms with Gasteiger partial charge in [-0.2, -0.15) is 12.6 Å². The molecule has 0 spiro atoms. The summed E-state index contributed by atoms with van der Waals surface area (Å²) in [5, 5.41) is 8.91. The van der Waals surface area contributed by atoms with Crippen LogP contribution in [0.3, 0.4) is 0 Å². The molecule has 1 fully saturated rings. The maximum atomic E-state index is 11.4. The fraction of sp³-hybridized carbons (Fsp3) is 0.778. The van der Waals surface area contributed by atoms with E-state index in [1.165, 1.54) is 0 Å². The van der Waals surface area contributed by atoms with Crippen molar-refractivity contribution in [2.24, 2.45) is 0 Å².